The minimum atomic E-state index is -0.321. The molecule has 17 heavy (non-hydrogen) atoms. The Morgan fingerprint density at radius 2 is 2.35 bits per heavy atom. The van der Waals surface area contributed by atoms with Gasteiger partial charge in [0.05, 0.1) is 11.3 Å². The van der Waals surface area contributed by atoms with Crippen LogP contribution in [0.2, 0.25) is 0 Å². The predicted octanol–water partition coefficient (Wildman–Crippen LogP) is 1.69. The van der Waals surface area contributed by atoms with Crippen LogP contribution in [0.1, 0.15) is 15.9 Å². The summed E-state index contributed by atoms with van der Waals surface area (Å²) < 4.78 is 4.96. The molecule has 0 saturated heterocycles. The minimum Gasteiger partial charge on any atom is -0.458 e. The van der Waals surface area contributed by atoms with Crippen LogP contribution in [0.15, 0.2) is 30.9 Å². The van der Waals surface area contributed by atoms with E-state index in [0.29, 0.717) is 5.56 Å². The standard InChI is InChI=1S/C12H14N2O2.ClH/c1-2-7-16-12(15)10-3-4-11-9(8-10)5-6-14(11)13;/h2-4,8H,1,5-7,13H2;1H. The number of halogens is 1. The average molecular weight is 255 g/mol. The molecule has 0 aromatic heterocycles. The molecule has 2 rings (SSSR count). The van der Waals surface area contributed by atoms with Crippen LogP contribution in [0.3, 0.4) is 0 Å². The number of ether oxygens (including phenoxy) is 1. The molecule has 92 valence electrons. The summed E-state index contributed by atoms with van der Waals surface area (Å²) in [7, 11) is 0. The monoisotopic (exact) mass is 254 g/mol. The number of nitrogens with zero attached hydrogens (tertiary/aromatic N) is 1. The topological polar surface area (TPSA) is 55.6 Å². The van der Waals surface area contributed by atoms with Crippen molar-refractivity contribution in [2.45, 2.75) is 6.42 Å². The van der Waals surface area contributed by atoms with E-state index in [1.807, 2.05) is 12.1 Å². The van der Waals surface area contributed by atoms with Gasteiger partial charge in [0, 0.05) is 6.54 Å². The van der Waals surface area contributed by atoms with Crippen LogP contribution < -0.4 is 10.9 Å². The molecular formula is C12H15ClN2O2. The van der Waals surface area contributed by atoms with E-state index in [4.69, 9.17) is 10.6 Å². The van der Waals surface area contributed by atoms with Gasteiger partial charge in [-0.05, 0) is 30.2 Å². The molecule has 1 aliphatic heterocycles. The summed E-state index contributed by atoms with van der Waals surface area (Å²) in [5.41, 5.74) is 2.65. The van der Waals surface area contributed by atoms with Gasteiger partial charge in [0.25, 0.3) is 0 Å². The van der Waals surface area contributed by atoms with E-state index in [1.165, 1.54) is 0 Å². The van der Waals surface area contributed by atoms with Gasteiger partial charge in [0.15, 0.2) is 0 Å². The normalized spacial score (nSPS) is 12.6. The smallest absolute Gasteiger partial charge is 0.338 e. The molecular weight excluding hydrogens is 240 g/mol. The van der Waals surface area contributed by atoms with E-state index in [0.717, 1.165) is 24.2 Å². The first-order valence-corrected chi connectivity index (χ1v) is 5.15. The Hall–Kier alpha value is -1.52. The lowest BCUT2D eigenvalue weighted by atomic mass is 10.1. The largest absolute Gasteiger partial charge is 0.458 e. The summed E-state index contributed by atoms with van der Waals surface area (Å²) in [6, 6.07) is 5.43. The first-order chi connectivity index (χ1) is 7.72. The summed E-state index contributed by atoms with van der Waals surface area (Å²) in [5.74, 6) is 5.44. The first-order valence-electron chi connectivity index (χ1n) is 5.15. The molecule has 0 unspecified atom stereocenters. The van der Waals surface area contributed by atoms with Crippen LogP contribution in [0.5, 0.6) is 0 Å². The highest BCUT2D eigenvalue weighted by atomic mass is 35.5. The van der Waals surface area contributed by atoms with Gasteiger partial charge in [-0.2, -0.15) is 0 Å². The fraction of sp³-hybridized carbons (Fsp3) is 0.250. The maximum absolute atomic E-state index is 11.6. The van der Waals surface area contributed by atoms with Gasteiger partial charge in [0.1, 0.15) is 6.61 Å². The number of benzene rings is 1. The molecule has 0 fully saturated rings. The number of esters is 1. The lowest BCUT2D eigenvalue weighted by Gasteiger charge is -2.11. The number of hydrogen-bond acceptors (Lipinski definition) is 4. The maximum atomic E-state index is 11.6. The third kappa shape index (κ3) is 2.78. The minimum absolute atomic E-state index is 0. The zero-order valence-corrected chi connectivity index (χ0v) is 10.2. The van der Waals surface area contributed by atoms with Gasteiger partial charge in [-0.15, -0.1) is 12.4 Å². The second kappa shape index (κ2) is 5.70. The summed E-state index contributed by atoms with van der Waals surface area (Å²) in [6.07, 6.45) is 2.42. The maximum Gasteiger partial charge on any atom is 0.338 e. The summed E-state index contributed by atoms with van der Waals surface area (Å²) in [4.78, 5) is 11.6. The molecule has 1 aromatic carbocycles. The van der Waals surface area contributed by atoms with Crippen molar-refractivity contribution < 1.29 is 9.53 Å². The summed E-state index contributed by atoms with van der Waals surface area (Å²) in [5, 5.41) is 1.69. The predicted molar refractivity (Wildman–Crippen MR) is 69.4 cm³/mol. The Labute approximate surface area is 106 Å². The van der Waals surface area contributed by atoms with Crippen LogP contribution in [-0.4, -0.2) is 19.1 Å². The quantitative estimate of drug-likeness (QED) is 0.507. The second-order valence-corrected chi connectivity index (χ2v) is 3.67. The van der Waals surface area contributed by atoms with E-state index < -0.39 is 0 Å². The zero-order chi connectivity index (χ0) is 11.5. The molecule has 4 nitrogen and oxygen atoms in total. The van der Waals surface area contributed by atoms with Gasteiger partial charge < -0.3 is 9.75 Å². The van der Waals surface area contributed by atoms with Gasteiger partial charge in [-0.3, -0.25) is 0 Å². The number of hydrogen-bond donors (Lipinski definition) is 1. The van der Waals surface area contributed by atoms with Crippen LogP contribution >= 0.6 is 12.4 Å². The fourth-order valence-corrected chi connectivity index (χ4v) is 1.77. The van der Waals surface area contributed by atoms with Crippen molar-refractivity contribution in [1.29, 1.82) is 0 Å². The van der Waals surface area contributed by atoms with Crippen molar-refractivity contribution in [3.63, 3.8) is 0 Å². The fourth-order valence-electron chi connectivity index (χ4n) is 1.77. The number of anilines is 1. The van der Waals surface area contributed by atoms with E-state index in [1.54, 1.807) is 17.2 Å². The van der Waals surface area contributed by atoms with Crippen molar-refractivity contribution in [1.82, 2.24) is 0 Å². The molecule has 1 aliphatic rings. The van der Waals surface area contributed by atoms with E-state index in [9.17, 15) is 4.79 Å². The Morgan fingerprint density at radius 1 is 1.59 bits per heavy atom. The molecule has 5 heteroatoms. The second-order valence-electron chi connectivity index (χ2n) is 3.67. The Kier molecular flexibility index (Phi) is 4.54. The third-order valence-electron chi connectivity index (χ3n) is 2.58. The lowest BCUT2D eigenvalue weighted by Crippen LogP contribution is -2.27. The van der Waals surface area contributed by atoms with Crippen LogP contribution in [0.25, 0.3) is 0 Å². The lowest BCUT2D eigenvalue weighted by molar-refractivity contribution is 0.0549. The summed E-state index contributed by atoms with van der Waals surface area (Å²) in [6.45, 7) is 4.52. The Bertz CT molecular complexity index is 435. The Balaban J connectivity index is 0.00000144. The number of rotatable bonds is 3. The molecule has 0 aliphatic carbocycles. The highest BCUT2D eigenvalue weighted by molar-refractivity contribution is 5.90. The highest BCUT2D eigenvalue weighted by Gasteiger charge is 2.18. The van der Waals surface area contributed by atoms with Crippen molar-refractivity contribution in [2.75, 3.05) is 18.2 Å². The molecule has 0 saturated carbocycles. The number of fused-ring (bicyclic) bond motifs is 1. The van der Waals surface area contributed by atoms with Gasteiger partial charge in [0.2, 0.25) is 0 Å². The van der Waals surface area contributed by atoms with Gasteiger partial charge >= 0.3 is 5.97 Å². The van der Waals surface area contributed by atoms with Crippen molar-refractivity contribution in [3.05, 3.63) is 42.0 Å². The van der Waals surface area contributed by atoms with Gasteiger partial charge in [-0.1, -0.05) is 12.7 Å². The van der Waals surface area contributed by atoms with Crippen LogP contribution in [0, 0.1) is 0 Å². The van der Waals surface area contributed by atoms with Crippen LogP contribution in [-0.2, 0) is 11.2 Å². The molecule has 2 N–H and O–H groups in total. The average Bonchev–Trinajstić information content (AvgIpc) is 2.67. The van der Waals surface area contributed by atoms with E-state index in [-0.39, 0.29) is 25.0 Å². The number of nitrogens with two attached hydrogens (primary N) is 1. The van der Waals surface area contributed by atoms with E-state index in [2.05, 4.69) is 6.58 Å². The first kappa shape index (κ1) is 13.5. The highest BCUT2D eigenvalue weighted by Crippen LogP contribution is 2.26. The number of hydrazine groups is 1. The number of carbonyl (C=O) groups excluding carboxylic acids is 1. The van der Waals surface area contributed by atoms with Crippen molar-refractivity contribution in [3.8, 4) is 0 Å². The van der Waals surface area contributed by atoms with Crippen molar-refractivity contribution in [2.24, 2.45) is 5.84 Å². The molecule has 1 aromatic rings. The SMILES string of the molecule is C=CCOC(=O)c1ccc2c(c1)CCN2N.Cl. The third-order valence-corrected chi connectivity index (χ3v) is 2.58. The zero-order valence-electron chi connectivity index (χ0n) is 9.39. The molecule has 1 heterocycles. The summed E-state index contributed by atoms with van der Waals surface area (Å²) >= 11 is 0. The molecule has 0 spiro atoms. The Morgan fingerprint density at radius 3 is 3.06 bits per heavy atom. The molecule has 0 radical (unpaired) electrons. The molecule has 0 bridgehead atoms. The van der Waals surface area contributed by atoms with Crippen molar-refractivity contribution >= 4 is 24.1 Å². The molecule has 0 amide bonds. The molecule has 0 atom stereocenters. The number of carbonyl (C=O) groups is 1. The van der Waals surface area contributed by atoms with E-state index >= 15 is 0 Å². The van der Waals surface area contributed by atoms with Crippen LogP contribution in [0.4, 0.5) is 5.69 Å². The van der Waals surface area contributed by atoms with Gasteiger partial charge in [-0.25, -0.2) is 10.6 Å².